The first-order valence-corrected chi connectivity index (χ1v) is 21.1. The van der Waals surface area contributed by atoms with Gasteiger partial charge in [0.15, 0.2) is 8.64 Å². The van der Waals surface area contributed by atoms with Crippen molar-refractivity contribution in [2.24, 2.45) is 0 Å². The zero-order valence-electron chi connectivity index (χ0n) is 23.7. The Bertz CT molecular complexity index is 809. The minimum atomic E-state index is -2.03. The molecular formula is C22H38MoN8O2S10. The summed E-state index contributed by atoms with van der Waals surface area (Å²) in [6.45, 7) is 7.61. The molecule has 0 N–H and O–H groups in total. The van der Waals surface area contributed by atoms with E-state index >= 15 is 0 Å². The molecule has 4 saturated heterocycles. The van der Waals surface area contributed by atoms with Crippen molar-refractivity contribution in [2.45, 2.75) is 38.5 Å². The number of thioether (sulfide) groups is 2. The van der Waals surface area contributed by atoms with Crippen LogP contribution in [0.2, 0.25) is 0 Å². The summed E-state index contributed by atoms with van der Waals surface area (Å²) in [5.74, 6) is 4.34. The van der Waals surface area contributed by atoms with E-state index in [1.54, 1.807) is 0 Å². The molecule has 0 spiro atoms. The molecule has 244 valence electrons. The quantitative estimate of drug-likeness (QED) is 0.142. The molecule has 0 saturated carbocycles. The molecule has 0 aromatic carbocycles. The van der Waals surface area contributed by atoms with Crippen LogP contribution >= 0.6 is 97.7 Å². The molecule has 0 bridgehead atoms. The Morgan fingerprint density at radius 2 is 0.791 bits per heavy atom. The molecule has 0 aromatic rings. The second-order valence-corrected chi connectivity index (χ2v) is 16.6. The van der Waals surface area contributed by atoms with E-state index < -0.39 is 18.5 Å². The fourth-order valence-corrected chi connectivity index (χ4v) is 8.24. The Kier molecular flexibility index (Phi) is 21.8. The third-order valence-electron chi connectivity index (χ3n) is 6.74. The van der Waals surface area contributed by atoms with E-state index in [0.717, 1.165) is 75.4 Å². The predicted octanol–water partition coefficient (Wildman–Crippen LogP) is 3.59. The van der Waals surface area contributed by atoms with Gasteiger partial charge >= 0.3 is 25.3 Å². The molecule has 0 atom stereocenters. The summed E-state index contributed by atoms with van der Waals surface area (Å²) >= 11 is 42.5. The molecule has 4 aliphatic heterocycles. The molecular weight excluding hydrogens is 825 g/mol. The minimum absolute atomic E-state index is 0.402. The van der Waals surface area contributed by atoms with E-state index in [-0.39, 0.29) is 0 Å². The van der Waals surface area contributed by atoms with E-state index in [9.17, 15) is 0 Å². The maximum absolute atomic E-state index is 8.50. The first kappa shape index (κ1) is 40.7. The SMILES string of the molecule is S=C([S-])N(N1CCSCC1)N(C(=S)S)N1CCCCC1.S=C([S-])N(N1CCSCC1)N(C(=S)S)N1CCCCC1.[O]=[Mo+2]=[O]. The summed E-state index contributed by atoms with van der Waals surface area (Å²) in [6, 6.07) is 0. The molecule has 21 heteroatoms. The van der Waals surface area contributed by atoms with Crippen molar-refractivity contribution in [1.82, 2.24) is 40.5 Å². The third-order valence-corrected chi connectivity index (χ3v) is 9.96. The van der Waals surface area contributed by atoms with Crippen LogP contribution in [-0.4, -0.2) is 133 Å². The number of hydrogen-bond acceptors (Lipinski definition) is 14. The maximum atomic E-state index is 8.50. The van der Waals surface area contributed by atoms with Crippen LogP contribution in [0, 0.1) is 0 Å². The van der Waals surface area contributed by atoms with Gasteiger partial charge in [0.25, 0.3) is 0 Å². The second kappa shape index (κ2) is 23.0. The zero-order valence-corrected chi connectivity index (χ0v) is 34.0. The summed E-state index contributed by atoms with van der Waals surface area (Å²) in [7, 11) is 0. The van der Waals surface area contributed by atoms with Gasteiger partial charge in [-0.1, -0.05) is 12.8 Å². The van der Waals surface area contributed by atoms with Gasteiger partial charge in [-0.05, 0) is 58.8 Å². The Labute approximate surface area is 316 Å². The molecule has 4 fully saturated rings. The molecule has 0 amide bonds. The van der Waals surface area contributed by atoms with Gasteiger partial charge in [0, 0.05) is 75.4 Å². The van der Waals surface area contributed by atoms with Crippen LogP contribution in [0.15, 0.2) is 0 Å². The third kappa shape index (κ3) is 13.9. The number of thiocarbonyl (C=S) groups is 4. The summed E-state index contributed by atoms with van der Waals surface area (Å²) < 4.78 is 18.8. The van der Waals surface area contributed by atoms with E-state index in [4.69, 9.17) is 80.9 Å². The van der Waals surface area contributed by atoms with Gasteiger partial charge < -0.3 is 49.7 Å². The van der Waals surface area contributed by atoms with E-state index in [2.05, 4.69) is 45.3 Å². The second-order valence-electron chi connectivity index (χ2n) is 9.48. The topological polar surface area (TPSA) is 60.1 Å². The van der Waals surface area contributed by atoms with Crippen LogP contribution in [0.5, 0.6) is 0 Å². The number of hydrogen-bond donors (Lipinski definition) is 2. The number of piperidine rings is 2. The summed E-state index contributed by atoms with van der Waals surface area (Å²) in [5, 5.41) is 16.3. The van der Waals surface area contributed by atoms with Gasteiger partial charge in [-0.25, -0.2) is 20.3 Å². The number of nitrogens with zero attached hydrogens (tertiary/aromatic N) is 8. The van der Waals surface area contributed by atoms with Gasteiger partial charge in [0.2, 0.25) is 0 Å². The van der Waals surface area contributed by atoms with Crippen LogP contribution in [0.4, 0.5) is 0 Å². The first-order valence-electron chi connectivity index (χ1n) is 13.8. The van der Waals surface area contributed by atoms with Crippen molar-refractivity contribution in [3.05, 3.63) is 0 Å². The van der Waals surface area contributed by atoms with Gasteiger partial charge in [-0.15, -0.1) is 25.3 Å². The van der Waals surface area contributed by atoms with Crippen LogP contribution in [-0.2, 0) is 50.5 Å². The number of rotatable bonds is 4. The molecule has 4 heterocycles. The van der Waals surface area contributed by atoms with Gasteiger partial charge in [-0.2, -0.15) is 43.8 Å². The predicted molar refractivity (Wildman–Crippen MR) is 200 cm³/mol. The Hall–Kier alpha value is 1.53. The molecule has 0 aromatic heterocycles. The Morgan fingerprint density at radius 3 is 1.02 bits per heavy atom. The standard InChI is InChI=1S/2C11H20N4S5.Mo.2O/c2*16-10(17)14(12-4-2-1-3-5-12)15(11(18)19)13-6-8-20-9-7-13;;;/h2*1-9H2,(H,16,17)(H,18,19);;;/q;;+2;;/p-2. The molecule has 4 aliphatic rings. The molecule has 0 radical (unpaired) electrons. The monoisotopic (exact) mass is 864 g/mol. The fraction of sp³-hybridized carbons (Fsp3) is 0.818. The summed E-state index contributed by atoms with van der Waals surface area (Å²) in [6.07, 6.45) is 7.20. The summed E-state index contributed by atoms with van der Waals surface area (Å²) in [4.78, 5) is 0. The first-order chi connectivity index (χ1) is 20.6. The van der Waals surface area contributed by atoms with Crippen LogP contribution in [0.25, 0.3) is 0 Å². The molecule has 10 nitrogen and oxygen atoms in total. The van der Waals surface area contributed by atoms with Gasteiger partial charge in [0.05, 0.1) is 0 Å². The molecule has 0 unspecified atom stereocenters. The normalized spacial score (nSPS) is 20.1. The molecule has 43 heavy (non-hydrogen) atoms. The van der Waals surface area contributed by atoms with E-state index in [0.29, 0.717) is 17.3 Å². The van der Waals surface area contributed by atoms with Crippen molar-refractivity contribution in [1.29, 1.82) is 0 Å². The fourth-order valence-electron chi connectivity index (χ4n) is 4.89. The Morgan fingerprint density at radius 1 is 0.535 bits per heavy atom. The number of hydrazine groups is 6. The van der Waals surface area contributed by atoms with Gasteiger partial charge in [0.1, 0.15) is 0 Å². The average molecular weight is 863 g/mol. The van der Waals surface area contributed by atoms with E-state index in [1.807, 2.05) is 44.0 Å². The molecule has 4 rings (SSSR count). The van der Waals surface area contributed by atoms with Crippen molar-refractivity contribution >= 4 is 140 Å². The summed E-state index contributed by atoms with van der Waals surface area (Å²) in [5.41, 5.74) is 0. The van der Waals surface area contributed by atoms with Crippen molar-refractivity contribution < 1.29 is 25.3 Å². The van der Waals surface area contributed by atoms with E-state index in [1.165, 1.54) is 38.5 Å². The molecule has 0 aliphatic carbocycles. The Balaban J connectivity index is 0.000000275. The van der Waals surface area contributed by atoms with Gasteiger partial charge in [-0.3, -0.25) is 0 Å². The van der Waals surface area contributed by atoms with Crippen LogP contribution in [0.1, 0.15) is 38.5 Å². The zero-order chi connectivity index (χ0) is 31.8. The van der Waals surface area contributed by atoms with Crippen LogP contribution < -0.4 is 0 Å². The number of thiol groups is 2. The van der Waals surface area contributed by atoms with Crippen LogP contribution in [0.3, 0.4) is 0 Å². The average Bonchev–Trinajstić information content (AvgIpc) is 3.00. The van der Waals surface area contributed by atoms with Crippen molar-refractivity contribution in [3.8, 4) is 0 Å². The van der Waals surface area contributed by atoms with Crippen molar-refractivity contribution in [3.63, 3.8) is 0 Å². The van der Waals surface area contributed by atoms with Crippen molar-refractivity contribution in [2.75, 3.05) is 75.4 Å².